The normalized spacial score (nSPS) is 19.6. The van der Waals surface area contributed by atoms with E-state index in [0.29, 0.717) is 5.92 Å². The van der Waals surface area contributed by atoms with Crippen LogP contribution < -0.4 is 17.0 Å². The molecule has 1 aliphatic rings. The number of piperidine rings is 1. The van der Waals surface area contributed by atoms with E-state index in [4.69, 9.17) is 11.6 Å². The van der Waals surface area contributed by atoms with Gasteiger partial charge in [-0.2, -0.15) is 0 Å². The molecule has 3 rings (SSSR count). The maximum Gasteiger partial charge on any atom is 0.125 e. The predicted octanol–water partition coefficient (Wildman–Crippen LogP) is 1.19. The van der Waals surface area contributed by atoms with Crippen LogP contribution in [-0.2, 0) is 0 Å². The highest BCUT2D eigenvalue weighted by atomic mass is 19.1. The van der Waals surface area contributed by atoms with E-state index in [1.165, 1.54) is 11.6 Å². The van der Waals surface area contributed by atoms with Crippen LogP contribution in [0.2, 0.25) is 0 Å². The number of fused-ring (bicyclic) bond motifs is 1. The molecule has 1 saturated heterocycles. The summed E-state index contributed by atoms with van der Waals surface area (Å²) >= 11 is 0. The van der Waals surface area contributed by atoms with Crippen LogP contribution in [0.4, 0.5) is 4.39 Å². The van der Waals surface area contributed by atoms with Crippen LogP contribution in [0, 0.1) is 5.82 Å². The molecule has 6 heteroatoms. The molecule has 1 unspecified atom stereocenters. The second kappa shape index (κ2) is 5.49. The Bertz CT molecular complexity index is 588. The Morgan fingerprint density at radius 3 is 2.80 bits per heavy atom. The molecule has 5 nitrogen and oxygen atoms in total. The molecule has 1 aromatic heterocycles. The zero-order valence-electron chi connectivity index (χ0n) is 11.3. The number of benzene rings is 1. The summed E-state index contributed by atoms with van der Waals surface area (Å²) in [4.78, 5) is 5.29. The third-order valence-electron chi connectivity index (χ3n) is 4.21. The van der Waals surface area contributed by atoms with Gasteiger partial charge in [-0.3, -0.25) is 10.7 Å². The average Bonchev–Trinajstić information content (AvgIpc) is 2.89. The van der Waals surface area contributed by atoms with Gasteiger partial charge in [-0.1, -0.05) is 0 Å². The van der Waals surface area contributed by atoms with Crippen LogP contribution in [0.3, 0.4) is 0 Å². The summed E-state index contributed by atoms with van der Waals surface area (Å²) in [5.74, 6) is 5.64. The zero-order valence-corrected chi connectivity index (χ0v) is 11.3. The molecule has 108 valence electrons. The number of H-pyrrole nitrogens is 1. The Morgan fingerprint density at radius 2 is 2.10 bits per heavy atom. The number of nitrogens with zero attached hydrogens (tertiary/aromatic N) is 1. The van der Waals surface area contributed by atoms with E-state index in [-0.39, 0.29) is 12.1 Å². The van der Waals surface area contributed by atoms with Gasteiger partial charge in [0.15, 0.2) is 0 Å². The van der Waals surface area contributed by atoms with Crippen LogP contribution in [0.5, 0.6) is 0 Å². The largest absolute Gasteiger partial charge is 0.361 e. The minimum Gasteiger partial charge on any atom is -0.361 e. The first-order valence-corrected chi connectivity index (χ1v) is 6.91. The molecule has 0 bridgehead atoms. The second-order valence-corrected chi connectivity index (χ2v) is 5.36. The van der Waals surface area contributed by atoms with Gasteiger partial charge in [0.05, 0.1) is 0 Å². The molecular weight excluding hydrogens is 257 g/mol. The molecular formula is C14H20FN5. The lowest BCUT2D eigenvalue weighted by Crippen LogP contribution is -2.56. The molecule has 2 heterocycles. The van der Waals surface area contributed by atoms with Crippen molar-refractivity contribution in [2.45, 2.75) is 25.0 Å². The number of likely N-dealkylation sites (tertiary alicyclic amines) is 1. The molecule has 1 fully saturated rings. The van der Waals surface area contributed by atoms with Crippen molar-refractivity contribution in [1.29, 1.82) is 0 Å². The quantitative estimate of drug-likeness (QED) is 0.386. The van der Waals surface area contributed by atoms with E-state index >= 15 is 0 Å². The second-order valence-electron chi connectivity index (χ2n) is 5.36. The van der Waals surface area contributed by atoms with Gasteiger partial charge < -0.3 is 10.7 Å². The minimum atomic E-state index is -0.284. The molecule has 1 atom stereocenters. The molecule has 0 spiro atoms. The number of nitrogens with two attached hydrogens (primary N) is 2. The summed E-state index contributed by atoms with van der Waals surface area (Å²) < 4.78 is 13.2. The number of aromatic nitrogens is 1. The van der Waals surface area contributed by atoms with E-state index in [9.17, 15) is 4.39 Å². The van der Waals surface area contributed by atoms with Crippen LogP contribution >= 0.6 is 0 Å². The number of hydrogen-bond acceptors (Lipinski definition) is 4. The van der Waals surface area contributed by atoms with Gasteiger partial charge in [0.25, 0.3) is 0 Å². The molecule has 0 saturated carbocycles. The van der Waals surface area contributed by atoms with E-state index in [1.54, 1.807) is 6.07 Å². The molecule has 6 N–H and O–H groups in total. The van der Waals surface area contributed by atoms with E-state index < -0.39 is 0 Å². The summed E-state index contributed by atoms with van der Waals surface area (Å²) in [5, 5.41) is 1.12. The Labute approximate surface area is 117 Å². The Morgan fingerprint density at radius 1 is 1.35 bits per heavy atom. The van der Waals surface area contributed by atoms with Gasteiger partial charge in [0, 0.05) is 30.2 Å². The van der Waals surface area contributed by atoms with Gasteiger partial charge in [0.1, 0.15) is 12.1 Å². The highest BCUT2D eigenvalue weighted by molar-refractivity contribution is 5.83. The highest BCUT2D eigenvalue weighted by Crippen LogP contribution is 2.33. The maximum absolute atomic E-state index is 13.2. The van der Waals surface area contributed by atoms with Gasteiger partial charge in [-0.05, 0) is 42.5 Å². The number of rotatable bonds is 3. The lowest BCUT2D eigenvalue weighted by molar-refractivity contribution is 0.131. The number of hydrogen-bond donors (Lipinski definition) is 4. The van der Waals surface area contributed by atoms with Crippen LogP contribution in [0.25, 0.3) is 10.9 Å². The number of nitrogens with one attached hydrogen (secondary N) is 2. The minimum absolute atomic E-state index is 0.208. The topological polar surface area (TPSA) is 83.1 Å². The number of hydrazine groups is 1. The molecule has 1 aromatic carbocycles. The van der Waals surface area contributed by atoms with Crippen molar-refractivity contribution in [3.63, 3.8) is 0 Å². The van der Waals surface area contributed by atoms with Crippen molar-refractivity contribution in [3.05, 3.63) is 35.8 Å². The van der Waals surface area contributed by atoms with Crippen molar-refractivity contribution >= 4 is 10.9 Å². The highest BCUT2D eigenvalue weighted by Gasteiger charge is 2.25. The Hall–Kier alpha value is -1.47. The van der Waals surface area contributed by atoms with Crippen LogP contribution in [0.1, 0.15) is 24.3 Å². The van der Waals surface area contributed by atoms with E-state index in [0.717, 1.165) is 36.8 Å². The summed E-state index contributed by atoms with van der Waals surface area (Å²) in [7, 11) is 0. The zero-order chi connectivity index (χ0) is 14.1. The third-order valence-corrected chi connectivity index (χ3v) is 4.21. The molecule has 0 radical (unpaired) electrons. The summed E-state index contributed by atoms with van der Waals surface area (Å²) in [6.07, 6.45) is 3.78. The van der Waals surface area contributed by atoms with Crippen LogP contribution in [0.15, 0.2) is 24.4 Å². The average molecular weight is 277 g/mol. The van der Waals surface area contributed by atoms with Gasteiger partial charge >= 0.3 is 0 Å². The SMILES string of the molecule is NNC(N)N1CCC(c2c[nH]c3cc(F)ccc23)CC1. The fourth-order valence-corrected chi connectivity index (χ4v) is 3.05. The van der Waals surface area contributed by atoms with Gasteiger partial charge in [-0.25, -0.2) is 9.82 Å². The maximum atomic E-state index is 13.2. The monoisotopic (exact) mass is 277 g/mol. The van der Waals surface area contributed by atoms with Gasteiger partial charge in [0.2, 0.25) is 0 Å². The van der Waals surface area contributed by atoms with E-state index in [2.05, 4.69) is 15.3 Å². The predicted molar refractivity (Wildman–Crippen MR) is 77.1 cm³/mol. The fraction of sp³-hybridized carbons (Fsp3) is 0.429. The third kappa shape index (κ3) is 2.43. The van der Waals surface area contributed by atoms with Crippen molar-refractivity contribution in [2.24, 2.45) is 11.6 Å². The summed E-state index contributed by atoms with van der Waals surface area (Å²) in [6.45, 7) is 1.81. The standard InChI is InChI=1S/C14H20FN5/c15-10-1-2-11-12(8-18-13(11)7-10)9-3-5-20(6-4-9)14(16)19-17/h1-2,7-9,14,18-19H,3-6,16-17H2. The lowest BCUT2D eigenvalue weighted by Gasteiger charge is -2.35. The first-order chi connectivity index (χ1) is 9.69. The lowest BCUT2D eigenvalue weighted by atomic mass is 9.89. The smallest absolute Gasteiger partial charge is 0.125 e. The Balaban J connectivity index is 1.77. The van der Waals surface area contributed by atoms with Crippen molar-refractivity contribution < 1.29 is 4.39 Å². The number of halogens is 1. The van der Waals surface area contributed by atoms with Crippen molar-refractivity contribution in [1.82, 2.24) is 15.3 Å². The van der Waals surface area contributed by atoms with Crippen LogP contribution in [-0.4, -0.2) is 29.3 Å². The Kier molecular flexibility index (Phi) is 3.71. The molecule has 0 amide bonds. The molecule has 1 aliphatic heterocycles. The number of aromatic amines is 1. The molecule has 2 aromatic rings. The molecule has 20 heavy (non-hydrogen) atoms. The van der Waals surface area contributed by atoms with Crippen molar-refractivity contribution in [2.75, 3.05) is 13.1 Å². The first kappa shape index (κ1) is 13.5. The summed E-state index contributed by atoms with van der Waals surface area (Å²) in [6, 6.07) is 4.92. The van der Waals surface area contributed by atoms with Gasteiger partial charge in [-0.15, -0.1) is 0 Å². The fourth-order valence-electron chi connectivity index (χ4n) is 3.05. The summed E-state index contributed by atoms with van der Waals surface area (Å²) in [5.41, 5.74) is 10.6. The van der Waals surface area contributed by atoms with Crippen molar-refractivity contribution in [3.8, 4) is 0 Å². The first-order valence-electron chi connectivity index (χ1n) is 6.91. The molecule has 0 aliphatic carbocycles. The van der Waals surface area contributed by atoms with E-state index in [1.807, 2.05) is 12.3 Å².